The number of aromatic nitrogens is 2. The summed E-state index contributed by atoms with van der Waals surface area (Å²) in [6.45, 7) is 1.93. The van der Waals surface area contributed by atoms with Gasteiger partial charge < -0.3 is 5.73 Å². The van der Waals surface area contributed by atoms with Crippen LogP contribution >= 0.6 is 0 Å². The first kappa shape index (κ1) is 15.9. The van der Waals surface area contributed by atoms with Gasteiger partial charge in [0.2, 0.25) is 0 Å². The Bertz CT molecular complexity index is 1090. The largest absolute Gasteiger partial charge is 0.364 e. The van der Waals surface area contributed by atoms with E-state index in [4.69, 9.17) is 17.1 Å². The van der Waals surface area contributed by atoms with Crippen LogP contribution in [0.2, 0.25) is 0 Å². The number of primary amides is 1. The molecule has 1 amide bonds. The number of hydrogen-bond donors (Lipinski definition) is 1. The van der Waals surface area contributed by atoms with Crippen LogP contribution in [0.5, 0.6) is 0 Å². The first-order chi connectivity index (χ1) is 12.6. The second-order valence-electron chi connectivity index (χ2n) is 6.11. The Morgan fingerprint density at radius 3 is 2.69 bits per heavy atom. The number of amides is 1. The van der Waals surface area contributed by atoms with Crippen LogP contribution in [0.15, 0.2) is 59.9 Å². The molecule has 2 heterocycles. The van der Waals surface area contributed by atoms with Crippen molar-refractivity contribution in [1.82, 2.24) is 9.55 Å². The third-order valence-electron chi connectivity index (χ3n) is 4.48. The Labute approximate surface area is 151 Å². The molecule has 0 unspecified atom stereocenters. The zero-order chi connectivity index (χ0) is 18.3. The highest BCUT2D eigenvalue weighted by molar-refractivity contribution is 6.15. The molecule has 5 heteroatoms. The van der Waals surface area contributed by atoms with Gasteiger partial charge in [-0.15, -0.1) is 6.42 Å². The average molecular weight is 340 g/mol. The van der Waals surface area contributed by atoms with Gasteiger partial charge in [-0.1, -0.05) is 36.3 Å². The predicted molar refractivity (Wildman–Crippen MR) is 101 cm³/mol. The quantitative estimate of drug-likeness (QED) is 0.729. The van der Waals surface area contributed by atoms with Gasteiger partial charge in [0.15, 0.2) is 5.69 Å². The van der Waals surface area contributed by atoms with Crippen molar-refractivity contribution >= 4 is 11.6 Å². The van der Waals surface area contributed by atoms with Crippen molar-refractivity contribution in [3.05, 3.63) is 82.9 Å². The van der Waals surface area contributed by atoms with Crippen molar-refractivity contribution in [3.63, 3.8) is 0 Å². The fourth-order valence-electron chi connectivity index (χ4n) is 3.31. The van der Waals surface area contributed by atoms with E-state index in [-0.39, 0.29) is 11.7 Å². The minimum atomic E-state index is -0.564. The van der Waals surface area contributed by atoms with Crippen molar-refractivity contribution in [2.45, 2.75) is 13.0 Å². The van der Waals surface area contributed by atoms with Gasteiger partial charge in [0.05, 0.1) is 23.1 Å². The fourth-order valence-corrected chi connectivity index (χ4v) is 3.31. The fraction of sp³-hybridized carbons (Fsp3) is 0.0952. The van der Waals surface area contributed by atoms with Crippen molar-refractivity contribution in [2.24, 2.45) is 10.7 Å². The summed E-state index contributed by atoms with van der Waals surface area (Å²) in [5.74, 6) is 2.11. The lowest BCUT2D eigenvalue weighted by Gasteiger charge is -2.12. The minimum absolute atomic E-state index is 0.238. The van der Waals surface area contributed by atoms with Crippen molar-refractivity contribution in [1.29, 1.82) is 0 Å². The number of nitrogens with two attached hydrogens (primary N) is 1. The van der Waals surface area contributed by atoms with Crippen LogP contribution in [0, 0.1) is 12.3 Å². The Hall–Kier alpha value is -3.65. The summed E-state index contributed by atoms with van der Waals surface area (Å²) in [6, 6.07) is 15.3. The molecule has 1 atom stereocenters. The van der Waals surface area contributed by atoms with E-state index in [1.54, 1.807) is 6.33 Å². The van der Waals surface area contributed by atoms with Crippen molar-refractivity contribution in [3.8, 4) is 18.0 Å². The highest BCUT2D eigenvalue weighted by Crippen LogP contribution is 2.32. The highest BCUT2D eigenvalue weighted by atomic mass is 16.1. The van der Waals surface area contributed by atoms with Crippen molar-refractivity contribution in [2.75, 3.05) is 0 Å². The summed E-state index contributed by atoms with van der Waals surface area (Å²) < 4.78 is 1.87. The Kier molecular flexibility index (Phi) is 3.67. The first-order valence-corrected chi connectivity index (χ1v) is 8.22. The normalized spacial score (nSPS) is 15.2. The minimum Gasteiger partial charge on any atom is -0.364 e. The van der Waals surface area contributed by atoms with Gasteiger partial charge in [-0.05, 0) is 25.1 Å². The van der Waals surface area contributed by atoms with Gasteiger partial charge in [-0.2, -0.15) is 0 Å². The third-order valence-corrected chi connectivity index (χ3v) is 4.48. The van der Waals surface area contributed by atoms with Crippen LogP contribution in [0.1, 0.15) is 45.8 Å². The van der Waals surface area contributed by atoms with E-state index < -0.39 is 5.91 Å². The predicted octanol–water partition coefficient (Wildman–Crippen LogP) is 2.86. The second-order valence-corrected chi connectivity index (χ2v) is 6.11. The number of imidazole rings is 1. The number of fused-ring (bicyclic) bond motifs is 3. The van der Waals surface area contributed by atoms with Crippen molar-refractivity contribution < 1.29 is 4.79 Å². The molecule has 0 saturated heterocycles. The Balaban J connectivity index is 2.06. The lowest BCUT2D eigenvalue weighted by Crippen LogP contribution is -2.15. The van der Waals surface area contributed by atoms with E-state index >= 15 is 0 Å². The number of rotatable bonds is 2. The number of benzene rings is 2. The van der Waals surface area contributed by atoms with Gasteiger partial charge in [0, 0.05) is 16.7 Å². The molecule has 0 bridgehead atoms. The summed E-state index contributed by atoms with van der Waals surface area (Å²) in [6.07, 6.45) is 7.22. The topological polar surface area (TPSA) is 73.3 Å². The second kappa shape index (κ2) is 6.01. The molecule has 4 rings (SSSR count). The summed E-state index contributed by atoms with van der Waals surface area (Å²) in [5, 5.41) is 0. The number of aliphatic imine (C=N–C) groups is 1. The number of carbonyl (C=O) groups excluding carboxylic acids is 1. The smallest absolute Gasteiger partial charge is 0.269 e. The average Bonchev–Trinajstić information content (AvgIpc) is 3.07. The zero-order valence-electron chi connectivity index (χ0n) is 14.2. The molecule has 26 heavy (non-hydrogen) atoms. The highest BCUT2D eigenvalue weighted by Gasteiger charge is 2.27. The van der Waals surface area contributed by atoms with E-state index in [1.807, 2.05) is 60.0 Å². The van der Waals surface area contributed by atoms with Crippen LogP contribution in [0.25, 0.3) is 5.69 Å². The summed E-state index contributed by atoms with van der Waals surface area (Å²) >= 11 is 0. The van der Waals surface area contributed by atoms with E-state index in [2.05, 4.69) is 10.9 Å². The van der Waals surface area contributed by atoms with Crippen LogP contribution in [0.3, 0.4) is 0 Å². The molecular weight excluding hydrogens is 324 g/mol. The molecule has 0 fully saturated rings. The summed E-state index contributed by atoms with van der Waals surface area (Å²) in [5.41, 5.74) is 10.8. The molecule has 0 spiro atoms. The Morgan fingerprint density at radius 1 is 1.23 bits per heavy atom. The maximum atomic E-state index is 11.8. The monoisotopic (exact) mass is 340 g/mol. The molecule has 1 aliphatic rings. The van der Waals surface area contributed by atoms with E-state index in [0.717, 1.165) is 28.1 Å². The molecule has 126 valence electrons. The number of terminal acetylenes is 1. The maximum Gasteiger partial charge on any atom is 0.269 e. The van der Waals surface area contributed by atoms with E-state index in [9.17, 15) is 4.79 Å². The van der Waals surface area contributed by atoms with Gasteiger partial charge in [-0.3, -0.25) is 14.4 Å². The molecule has 0 radical (unpaired) electrons. The molecule has 3 aromatic rings. The number of nitrogens with zero attached hydrogens (tertiary/aromatic N) is 3. The first-order valence-electron chi connectivity index (χ1n) is 8.22. The molecule has 2 N–H and O–H groups in total. The number of hydrogen-bond acceptors (Lipinski definition) is 3. The lowest BCUT2D eigenvalue weighted by atomic mass is 9.98. The standard InChI is InChI=1S/C21H16N4O/c1-3-14-9-10-17-16(11-14)18(15-7-5-4-6-8-15)24-13(2)20-19(21(22)26)23-12-25(17)20/h1,4-13H,2H3,(H2,22,26)/t13-/m1/s1. The molecule has 2 aromatic carbocycles. The van der Waals surface area contributed by atoms with E-state index in [0.29, 0.717) is 5.69 Å². The third kappa shape index (κ3) is 2.40. The van der Waals surface area contributed by atoms with Crippen LogP contribution in [-0.4, -0.2) is 21.2 Å². The molecular formula is C21H16N4O. The molecule has 0 aliphatic carbocycles. The van der Waals surface area contributed by atoms with Gasteiger partial charge in [0.1, 0.15) is 6.33 Å². The SMILES string of the molecule is C#Cc1ccc2c(c1)C(c1ccccc1)=N[C@H](C)c1c(C(N)=O)ncn1-2. The van der Waals surface area contributed by atoms with Gasteiger partial charge in [0.25, 0.3) is 5.91 Å². The Morgan fingerprint density at radius 2 is 2.00 bits per heavy atom. The molecule has 5 nitrogen and oxygen atoms in total. The zero-order valence-corrected chi connectivity index (χ0v) is 14.2. The lowest BCUT2D eigenvalue weighted by molar-refractivity contribution is 0.0994. The summed E-state index contributed by atoms with van der Waals surface area (Å²) in [7, 11) is 0. The number of carbonyl (C=O) groups is 1. The van der Waals surface area contributed by atoms with Gasteiger partial charge in [-0.25, -0.2) is 4.98 Å². The maximum absolute atomic E-state index is 11.8. The van der Waals surface area contributed by atoms with Crippen LogP contribution in [-0.2, 0) is 0 Å². The molecule has 1 aliphatic heterocycles. The molecule has 1 aromatic heterocycles. The van der Waals surface area contributed by atoms with Gasteiger partial charge >= 0.3 is 0 Å². The van der Waals surface area contributed by atoms with E-state index in [1.165, 1.54) is 0 Å². The van der Waals surface area contributed by atoms with Crippen LogP contribution in [0.4, 0.5) is 0 Å². The molecule has 0 saturated carbocycles. The summed E-state index contributed by atoms with van der Waals surface area (Å²) in [4.78, 5) is 20.9. The van der Waals surface area contributed by atoms with Crippen LogP contribution < -0.4 is 5.73 Å².